The van der Waals surface area contributed by atoms with E-state index in [1.54, 1.807) is 7.11 Å². The molecule has 1 aliphatic heterocycles. The lowest BCUT2D eigenvalue weighted by molar-refractivity contribution is 0.0260. The van der Waals surface area contributed by atoms with Crippen LogP contribution in [0.15, 0.2) is 18.2 Å². The maximum Gasteiger partial charge on any atom is 0.119 e. The number of hydrogen-bond acceptors (Lipinski definition) is 3. The standard InChI is InChI=1S/C13H17NO2/c1-15-11-2-3-12-10(8-11)4-5-13(12)9-16-7-6-14-13/h2-3,8,14H,4-7,9H2,1H3/t13-/m1/s1. The summed E-state index contributed by atoms with van der Waals surface area (Å²) in [5, 5.41) is 3.62. The fourth-order valence-electron chi connectivity index (χ4n) is 2.85. The van der Waals surface area contributed by atoms with Crippen LogP contribution >= 0.6 is 0 Å². The van der Waals surface area contributed by atoms with E-state index in [0.717, 1.165) is 38.3 Å². The van der Waals surface area contributed by atoms with Crippen molar-refractivity contribution >= 4 is 0 Å². The Kier molecular flexibility index (Phi) is 2.37. The minimum atomic E-state index is 0.0693. The monoisotopic (exact) mass is 219 g/mol. The summed E-state index contributed by atoms with van der Waals surface area (Å²) in [4.78, 5) is 0. The van der Waals surface area contributed by atoms with E-state index in [1.165, 1.54) is 11.1 Å². The van der Waals surface area contributed by atoms with Gasteiger partial charge in [0.2, 0.25) is 0 Å². The average Bonchev–Trinajstić information content (AvgIpc) is 2.69. The predicted molar refractivity (Wildman–Crippen MR) is 61.8 cm³/mol. The molecule has 1 aromatic rings. The summed E-state index contributed by atoms with van der Waals surface area (Å²) in [7, 11) is 1.72. The summed E-state index contributed by atoms with van der Waals surface area (Å²) in [6, 6.07) is 6.38. The van der Waals surface area contributed by atoms with Crippen LogP contribution in [0.5, 0.6) is 5.75 Å². The highest BCUT2D eigenvalue weighted by Gasteiger charge is 2.40. The zero-order chi connectivity index (χ0) is 11.0. The van der Waals surface area contributed by atoms with Crippen LogP contribution in [0.3, 0.4) is 0 Å². The van der Waals surface area contributed by atoms with Gasteiger partial charge >= 0.3 is 0 Å². The van der Waals surface area contributed by atoms with Gasteiger partial charge < -0.3 is 14.8 Å². The van der Waals surface area contributed by atoms with Crippen LogP contribution in [-0.2, 0) is 16.7 Å². The normalized spacial score (nSPS) is 28.1. The molecule has 0 amide bonds. The highest BCUT2D eigenvalue weighted by atomic mass is 16.5. The Morgan fingerprint density at radius 1 is 1.44 bits per heavy atom. The van der Waals surface area contributed by atoms with Crippen LogP contribution in [0.25, 0.3) is 0 Å². The molecule has 1 aliphatic carbocycles. The fourth-order valence-corrected chi connectivity index (χ4v) is 2.85. The van der Waals surface area contributed by atoms with Crippen molar-refractivity contribution in [1.29, 1.82) is 0 Å². The van der Waals surface area contributed by atoms with Crippen molar-refractivity contribution in [3.8, 4) is 5.75 Å². The summed E-state index contributed by atoms with van der Waals surface area (Å²) in [5.74, 6) is 0.951. The summed E-state index contributed by atoms with van der Waals surface area (Å²) in [6.07, 6.45) is 2.25. The first-order chi connectivity index (χ1) is 7.84. The molecule has 1 N–H and O–H groups in total. The second-order valence-electron chi connectivity index (χ2n) is 4.58. The fraction of sp³-hybridized carbons (Fsp3) is 0.538. The lowest BCUT2D eigenvalue weighted by Gasteiger charge is -2.35. The minimum Gasteiger partial charge on any atom is -0.497 e. The Labute approximate surface area is 95.8 Å². The molecule has 1 heterocycles. The SMILES string of the molecule is COc1ccc2c(c1)CC[C@@]21COCCN1. The van der Waals surface area contributed by atoms with Crippen molar-refractivity contribution < 1.29 is 9.47 Å². The van der Waals surface area contributed by atoms with E-state index in [4.69, 9.17) is 9.47 Å². The van der Waals surface area contributed by atoms with Crippen LogP contribution < -0.4 is 10.1 Å². The molecule has 1 fully saturated rings. The van der Waals surface area contributed by atoms with Crippen molar-refractivity contribution in [3.63, 3.8) is 0 Å². The smallest absolute Gasteiger partial charge is 0.119 e. The van der Waals surface area contributed by atoms with Crippen LogP contribution in [0, 0.1) is 0 Å². The largest absolute Gasteiger partial charge is 0.497 e. The van der Waals surface area contributed by atoms with E-state index >= 15 is 0 Å². The van der Waals surface area contributed by atoms with Gasteiger partial charge in [0, 0.05) is 6.54 Å². The number of benzene rings is 1. The lowest BCUT2D eigenvalue weighted by atomic mass is 9.92. The molecular weight excluding hydrogens is 202 g/mol. The molecule has 3 heteroatoms. The van der Waals surface area contributed by atoms with Gasteiger partial charge in [0.05, 0.1) is 25.9 Å². The maximum absolute atomic E-state index is 5.63. The zero-order valence-electron chi connectivity index (χ0n) is 9.58. The Morgan fingerprint density at radius 2 is 2.38 bits per heavy atom. The van der Waals surface area contributed by atoms with Gasteiger partial charge in [0.1, 0.15) is 5.75 Å². The van der Waals surface area contributed by atoms with Crippen LogP contribution in [0.2, 0.25) is 0 Å². The molecule has 86 valence electrons. The van der Waals surface area contributed by atoms with E-state index in [1.807, 2.05) is 6.07 Å². The Morgan fingerprint density at radius 3 is 3.12 bits per heavy atom. The van der Waals surface area contributed by atoms with Gasteiger partial charge in [0.15, 0.2) is 0 Å². The first-order valence-electron chi connectivity index (χ1n) is 5.84. The second kappa shape index (κ2) is 3.75. The number of aryl methyl sites for hydroxylation is 1. The number of nitrogens with one attached hydrogen (secondary N) is 1. The number of methoxy groups -OCH3 is 1. The van der Waals surface area contributed by atoms with Gasteiger partial charge in [-0.25, -0.2) is 0 Å². The van der Waals surface area contributed by atoms with Gasteiger partial charge in [-0.3, -0.25) is 0 Å². The molecule has 0 radical (unpaired) electrons. The molecule has 0 saturated carbocycles. The number of hydrogen-bond donors (Lipinski definition) is 1. The minimum absolute atomic E-state index is 0.0693. The van der Waals surface area contributed by atoms with E-state index in [0.29, 0.717) is 0 Å². The predicted octanol–water partition coefficient (Wildman–Crippen LogP) is 1.46. The van der Waals surface area contributed by atoms with Crippen molar-refractivity contribution in [2.75, 3.05) is 26.9 Å². The van der Waals surface area contributed by atoms with Crippen molar-refractivity contribution in [1.82, 2.24) is 5.32 Å². The summed E-state index contributed by atoms with van der Waals surface area (Å²) >= 11 is 0. The molecule has 1 atom stereocenters. The summed E-state index contributed by atoms with van der Waals surface area (Å²) in [5.41, 5.74) is 2.87. The first kappa shape index (κ1) is 10.1. The number of ether oxygens (including phenoxy) is 2. The molecule has 3 nitrogen and oxygen atoms in total. The Hall–Kier alpha value is -1.06. The van der Waals surface area contributed by atoms with Gasteiger partial charge in [-0.15, -0.1) is 0 Å². The van der Waals surface area contributed by atoms with Crippen molar-refractivity contribution in [2.45, 2.75) is 18.4 Å². The first-order valence-corrected chi connectivity index (χ1v) is 5.84. The van der Waals surface area contributed by atoms with Gasteiger partial charge in [-0.05, 0) is 36.1 Å². The van der Waals surface area contributed by atoms with E-state index in [9.17, 15) is 0 Å². The molecule has 0 aromatic heterocycles. The van der Waals surface area contributed by atoms with Gasteiger partial charge in [-0.1, -0.05) is 6.07 Å². The second-order valence-corrected chi connectivity index (χ2v) is 4.58. The number of fused-ring (bicyclic) bond motifs is 2. The van der Waals surface area contributed by atoms with Crippen LogP contribution in [-0.4, -0.2) is 26.9 Å². The highest BCUT2D eigenvalue weighted by Crippen LogP contribution is 2.39. The van der Waals surface area contributed by atoms with E-state index in [-0.39, 0.29) is 5.54 Å². The third kappa shape index (κ3) is 1.43. The Balaban J connectivity index is 1.98. The topological polar surface area (TPSA) is 30.5 Å². The molecule has 3 rings (SSSR count). The van der Waals surface area contributed by atoms with Gasteiger partial charge in [0.25, 0.3) is 0 Å². The average molecular weight is 219 g/mol. The molecule has 0 unspecified atom stereocenters. The highest BCUT2D eigenvalue weighted by molar-refractivity contribution is 5.44. The quantitative estimate of drug-likeness (QED) is 0.775. The number of rotatable bonds is 1. The van der Waals surface area contributed by atoms with Crippen LogP contribution in [0.1, 0.15) is 17.5 Å². The Bertz CT molecular complexity index is 397. The summed E-state index contributed by atoms with van der Waals surface area (Å²) in [6.45, 7) is 2.57. The van der Waals surface area contributed by atoms with Crippen LogP contribution in [0.4, 0.5) is 0 Å². The maximum atomic E-state index is 5.63. The molecule has 1 spiro atoms. The molecule has 0 bridgehead atoms. The molecule has 16 heavy (non-hydrogen) atoms. The van der Waals surface area contributed by atoms with Crippen molar-refractivity contribution in [3.05, 3.63) is 29.3 Å². The van der Waals surface area contributed by atoms with Gasteiger partial charge in [-0.2, -0.15) is 0 Å². The molecular formula is C13H17NO2. The molecule has 1 saturated heterocycles. The number of morpholine rings is 1. The molecule has 2 aliphatic rings. The molecule has 1 aromatic carbocycles. The zero-order valence-corrected chi connectivity index (χ0v) is 9.58. The third-order valence-corrected chi connectivity index (χ3v) is 3.71. The third-order valence-electron chi connectivity index (χ3n) is 3.71. The van der Waals surface area contributed by atoms with E-state index < -0.39 is 0 Å². The lowest BCUT2D eigenvalue weighted by Crippen LogP contribution is -2.50. The summed E-state index contributed by atoms with van der Waals surface area (Å²) < 4.78 is 10.9. The van der Waals surface area contributed by atoms with E-state index in [2.05, 4.69) is 17.4 Å². The van der Waals surface area contributed by atoms with Crippen molar-refractivity contribution in [2.24, 2.45) is 0 Å².